The number of anilines is 1. The largest absolute Gasteiger partial charge is 0.272 e. The number of fused-ring (bicyclic) bond motifs is 1. The number of benzene rings is 2. The second-order valence-corrected chi connectivity index (χ2v) is 4.25. The van der Waals surface area contributed by atoms with Crippen LogP contribution in [-0.2, 0) is 22.7 Å². The molecule has 3 heteroatoms. The van der Waals surface area contributed by atoms with Crippen LogP contribution in [0.5, 0.6) is 0 Å². The zero-order chi connectivity index (χ0) is 12.4. The maximum absolute atomic E-state index is 11.9. The van der Waals surface area contributed by atoms with Crippen molar-refractivity contribution < 1.29 is 9.63 Å². The van der Waals surface area contributed by atoms with Crippen molar-refractivity contribution in [3.63, 3.8) is 0 Å². The van der Waals surface area contributed by atoms with E-state index in [1.165, 1.54) is 5.06 Å². The van der Waals surface area contributed by atoms with E-state index < -0.39 is 0 Å². The third-order valence-corrected chi connectivity index (χ3v) is 2.98. The Kier molecular flexibility index (Phi) is 2.82. The molecule has 0 bridgehead atoms. The number of amides is 1. The van der Waals surface area contributed by atoms with E-state index in [1.807, 2.05) is 54.6 Å². The first-order valence-electron chi connectivity index (χ1n) is 5.92. The maximum Gasteiger partial charge on any atom is 0.255 e. The summed E-state index contributed by atoms with van der Waals surface area (Å²) in [5.41, 5.74) is 2.93. The molecule has 0 saturated heterocycles. The zero-order valence-corrected chi connectivity index (χ0v) is 9.87. The Bertz CT molecular complexity index is 566. The van der Waals surface area contributed by atoms with Gasteiger partial charge in [-0.25, -0.2) is 0 Å². The second kappa shape index (κ2) is 4.63. The van der Waals surface area contributed by atoms with E-state index in [2.05, 4.69) is 0 Å². The molecule has 2 aromatic carbocycles. The van der Waals surface area contributed by atoms with Crippen LogP contribution in [0, 0.1) is 0 Å². The van der Waals surface area contributed by atoms with Crippen LogP contribution in [0.15, 0.2) is 54.6 Å². The summed E-state index contributed by atoms with van der Waals surface area (Å²) in [6, 6.07) is 17.5. The van der Waals surface area contributed by atoms with Crippen molar-refractivity contribution in [3.05, 3.63) is 65.7 Å². The molecule has 3 nitrogen and oxygen atoms in total. The highest BCUT2D eigenvalue weighted by atomic mass is 16.7. The molecule has 1 aliphatic heterocycles. The third kappa shape index (κ3) is 2.00. The predicted octanol–water partition coefficient (Wildman–Crippen LogP) is 2.71. The Morgan fingerprint density at radius 1 is 1.00 bits per heavy atom. The topological polar surface area (TPSA) is 29.5 Å². The lowest BCUT2D eigenvalue weighted by molar-refractivity contribution is -0.124. The van der Waals surface area contributed by atoms with Gasteiger partial charge in [-0.3, -0.25) is 9.63 Å². The van der Waals surface area contributed by atoms with E-state index in [9.17, 15) is 4.79 Å². The molecule has 2 aromatic rings. The lowest BCUT2D eigenvalue weighted by Crippen LogP contribution is -2.26. The molecule has 0 radical (unpaired) electrons. The summed E-state index contributed by atoms with van der Waals surface area (Å²) < 4.78 is 0. The van der Waals surface area contributed by atoms with Gasteiger partial charge in [0, 0.05) is 0 Å². The van der Waals surface area contributed by atoms with Gasteiger partial charge in [-0.05, 0) is 17.2 Å². The fraction of sp³-hybridized carbons (Fsp3) is 0.133. The Morgan fingerprint density at radius 2 is 1.72 bits per heavy atom. The average Bonchev–Trinajstić information content (AvgIpc) is 2.73. The Balaban J connectivity index is 1.76. The summed E-state index contributed by atoms with van der Waals surface area (Å²) in [6.45, 7) is 0.404. The maximum atomic E-state index is 11.9. The minimum absolute atomic E-state index is 0.00729. The molecule has 0 aliphatic carbocycles. The predicted molar refractivity (Wildman–Crippen MR) is 68.9 cm³/mol. The molecular formula is C15H13NO2. The van der Waals surface area contributed by atoms with Crippen molar-refractivity contribution in [2.45, 2.75) is 13.0 Å². The number of rotatable bonds is 3. The van der Waals surface area contributed by atoms with Crippen molar-refractivity contribution in [1.29, 1.82) is 0 Å². The Morgan fingerprint density at radius 3 is 2.56 bits per heavy atom. The molecule has 0 N–H and O–H groups in total. The molecule has 3 rings (SSSR count). The summed E-state index contributed by atoms with van der Waals surface area (Å²) in [5, 5.41) is 1.41. The van der Waals surface area contributed by atoms with Gasteiger partial charge in [0.15, 0.2) is 0 Å². The molecule has 0 atom stereocenters. The van der Waals surface area contributed by atoms with E-state index in [0.29, 0.717) is 13.0 Å². The van der Waals surface area contributed by atoms with Gasteiger partial charge in [-0.1, -0.05) is 48.5 Å². The average molecular weight is 239 g/mol. The summed E-state index contributed by atoms with van der Waals surface area (Å²) in [4.78, 5) is 17.5. The van der Waals surface area contributed by atoms with Crippen LogP contribution in [0.25, 0.3) is 0 Å². The van der Waals surface area contributed by atoms with E-state index in [-0.39, 0.29) is 5.91 Å². The van der Waals surface area contributed by atoms with Crippen LogP contribution in [-0.4, -0.2) is 5.91 Å². The number of hydroxylamine groups is 1. The molecule has 90 valence electrons. The summed E-state index contributed by atoms with van der Waals surface area (Å²) in [5.74, 6) is -0.00729. The second-order valence-electron chi connectivity index (χ2n) is 4.25. The smallest absolute Gasteiger partial charge is 0.255 e. The molecule has 0 saturated carbocycles. The quantitative estimate of drug-likeness (QED) is 0.824. The first-order valence-corrected chi connectivity index (χ1v) is 5.92. The third-order valence-electron chi connectivity index (χ3n) is 2.98. The van der Waals surface area contributed by atoms with E-state index in [4.69, 9.17) is 4.84 Å². The molecule has 0 fully saturated rings. The monoisotopic (exact) mass is 239 g/mol. The fourth-order valence-electron chi connectivity index (χ4n) is 2.08. The molecule has 18 heavy (non-hydrogen) atoms. The highest BCUT2D eigenvalue weighted by Crippen LogP contribution is 2.28. The van der Waals surface area contributed by atoms with Gasteiger partial charge in [0.25, 0.3) is 5.91 Å². The number of hydrogen-bond acceptors (Lipinski definition) is 2. The SMILES string of the molecule is O=C1Cc2ccccc2N1OCc1ccccc1. The van der Waals surface area contributed by atoms with E-state index in [1.54, 1.807) is 0 Å². The molecule has 1 amide bonds. The Labute approximate surface area is 106 Å². The van der Waals surface area contributed by atoms with Crippen LogP contribution in [0.2, 0.25) is 0 Å². The minimum atomic E-state index is -0.00729. The van der Waals surface area contributed by atoms with Gasteiger partial charge in [-0.2, -0.15) is 5.06 Å². The van der Waals surface area contributed by atoms with Crippen LogP contribution in [0.3, 0.4) is 0 Å². The van der Waals surface area contributed by atoms with E-state index in [0.717, 1.165) is 16.8 Å². The number of carbonyl (C=O) groups excluding carboxylic acids is 1. The zero-order valence-electron chi connectivity index (χ0n) is 9.87. The normalized spacial score (nSPS) is 13.8. The van der Waals surface area contributed by atoms with E-state index >= 15 is 0 Å². The number of carbonyl (C=O) groups is 1. The Hall–Kier alpha value is -2.13. The van der Waals surface area contributed by atoms with Crippen molar-refractivity contribution in [2.75, 3.05) is 5.06 Å². The van der Waals surface area contributed by atoms with Crippen molar-refractivity contribution in [1.82, 2.24) is 0 Å². The van der Waals surface area contributed by atoms with Gasteiger partial charge in [0.2, 0.25) is 0 Å². The lowest BCUT2D eigenvalue weighted by Gasteiger charge is -2.16. The fourth-order valence-corrected chi connectivity index (χ4v) is 2.08. The highest BCUT2D eigenvalue weighted by Gasteiger charge is 2.27. The molecular weight excluding hydrogens is 226 g/mol. The van der Waals surface area contributed by atoms with Gasteiger partial charge in [0.1, 0.15) is 6.61 Å². The summed E-state index contributed by atoms with van der Waals surface area (Å²) >= 11 is 0. The van der Waals surface area contributed by atoms with Crippen LogP contribution < -0.4 is 5.06 Å². The van der Waals surface area contributed by atoms with Crippen molar-refractivity contribution in [3.8, 4) is 0 Å². The molecule has 1 heterocycles. The molecule has 1 aliphatic rings. The van der Waals surface area contributed by atoms with Crippen LogP contribution in [0.1, 0.15) is 11.1 Å². The first kappa shape index (κ1) is 11.0. The number of hydrogen-bond donors (Lipinski definition) is 0. The minimum Gasteiger partial charge on any atom is -0.272 e. The molecule has 0 unspecified atom stereocenters. The highest BCUT2D eigenvalue weighted by molar-refractivity contribution is 5.99. The van der Waals surface area contributed by atoms with Gasteiger partial charge >= 0.3 is 0 Å². The van der Waals surface area contributed by atoms with Crippen LogP contribution in [0.4, 0.5) is 5.69 Å². The lowest BCUT2D eigenvalue weighted by atomic mass is 10.2. The van der Waals surface area contributed by atoms with Crippen molar-refractivity contribution in [2.24, 2.45) is 0 Å². The first-order chi connectivity index (χ1) is 8.84. The molecule has 0 aromatic heterocycles. The summed E-state index contributed by atoms with van der Waals surface area (Å²) in [7, 11) is 0. The van der Waals surface area contributed by atoms with Crippen LogP contribution >= 0.6 is 0 Å². The van der Waals surface area contributed by atoms with Crippen molar-refractivity contribution >= 4 is 11.6 Å². The van der Waals surface area contributed by atoms with Gasteiger partial charge in [0.05, 0.1) is 12.1 Å². The standard InChI is InChI=1S/C15H13NO2/c17-15-10-13-8-4-5-9-14(13)16(15)18-11-12-6-2-1-3-7-12/h1-9H,10-11H2. The van der Waals surface area contributed by atoms with Gasteiger partial charge in [-0.15, -0.1) is 0 Å². The number of para-hydroxylation sites is 1. The number of nitrogens with zero attached hydrogens (tertiary/aromatic N) is 1. The molecule has 0 spiro atoms. The van der Waals surface area contributed by atoms with Gasteiger partial charge < -0.3 is 0 Å². The summed E-state index contributed by atoms with van der Waals surface area (Å²) in [6.07, 6.45) is 0.422.